The van der Waals surface area contributed by atoms with Gasteiger partial charge in [0.25, 0.3) is 0 Å². The van der Waals surface area contributed by atoms with Gasteiger partial charge in [-0.1, -0.05) is 35.7 Å². The molecule has 0 spiro atoms. The van der Waals surface area contributed by atoms with Gasteiger partial charge >= 0.3 is 6.18 Å². The maximum absolute atomic E-state index is 13.2. The minimum Gasteiger partial charge on any atom is -0.352 e. The van der Waals surface area contributed by atoms with Crippen LogP contribution in [0.4, 0.5) is 13.2 Å². The minimum absolute atomic E-state index is 0.00605. The van der Waals surface area contributed by atoms with Gasteiger partial charge in [-0.3, -0.25) is 4.79 Å². The third-order valence-corrected chi connectivity index (χ3v) is 8.80. The molecule has 3 aromatic rings. The summed E-state index contributed by atoms with van der Waals surface area (Å²) in [4.78, 5) is 13.1. The Balaban J connectivity index is 1.45. The topological polar surface area (TPSA) is 81.1 Å². The van der Waals surface area contributed by atoms with E-state index in [2.05, 4.69) is 10.4 Å². The van der Waals surface area contributed by atoms with E-state index >= 15 is 0 Å². The highest BCUT2D eigenvalue weighted by atomic mass is 35.5. The predicted octanol–water partition coefficient (Wildman–Crippen LogP) is 5.11. The Bertz CT molecular complexity index is 1320. The fourth-order valence-electron chi connectivity index (χ4n) is 4.26. The summed E-state index contributed by atoms with van der Waals surface area (Å²) in [5.74, 6) is -1.08. The van der Waals surface area contributed by atoms with Crippen molar-refractivity contribution in [2.75, 3.05) is 0 Å². The molecule has 1 aliphatic rings. The lowest BCUT2D eigenvalue weighted by molar-refractivity contribution is -0.137. The number of hydrogen-bond donors (Lipinski definition) is 1. The van der Waals surface area contributed by atoms with Crippen molar-refractivity contribution in [3.05, 3.63) is 76.6 Å². The highest BCUT2D eigenvalue weighted by molar-refractivity contribution is 7.92. The number of nitrogens with one attached hydrogen (secondary N) is 1. The average molecular weight is 526 g/mol. The van der Waals surface area contributed by atoms with E-state index in [0.29, 0.717) is 30.5 Å². The van der Waals surface area contributed by atoms with Crippen LogP contribution in [-0.2, 0) is 27.4 Å². The third kappa shape index (κ3) is 5.38. The second-order valence-corrected chi connectivity index (χ2v) is 11.1. The molecule has 2 atom stereocenters. The first-order chi connectivity index (χ1) is 16.5. The van der Waals surface area contributed by atoms with Gasteiger partial charge < -0.3 is 5.32 Å². The van der Waals surface area contributed by atoms with Crippen molar-refractivity contribution in [3.63, 3.8) is 0 Å². The fourth-order valence-corrected chi connectivity index (χ4v) is 6.49. The molecule has 2 aromatic carbocycles. The number of nitrogens with zero attached hydrogens (tertiary/aromatic N) is 2. The van der Waals surface area contributed by atoms with Crippen molar-refractivity contribution >= 4 is 27.3 Å². The summed E-state index contributed by atoms with van der Waals surface area (Å²) in [6.45, 7) is 1.87. The number of aryl methyl sites for hydroxylation is 1. The molecule has 0 unspecified atom stereocenters. The summed E-state index contributed by atoms with van der Waals surface area (Å²) in [6, 6.07) is 11.0. The lowest BCUT2D eigenvalue weighted by Gasteiger charge is -2.19. The van der Waals surface area contributed by atoms with Gasteiger partial charge in [-0.05, 0) is 56.2 Å². The smallest absolute Gasteiger partial charge is 0.352 e. The van der Waals surface area contributed by atoms with Crippen LogP contribution in [-0.4, -0.2) is 29.4 Å². The zero-order chi connectivity index (χ0) is 25.4. The number of alkyl halides is 3. The summed E-state index contributed by atoms with van der Waals surface area (Å²) in [6.07, 6.45) is -1.44. The molecular weight excluding hydrogens is 503 g/mol. The Morgan fingerprint density at radius 1 is 1.11 bits per heavy atom. The minimum atomic E-state index is -4.44. The standard InChI is InChI=1S/C24H23ClF3N3O3S/c1-15-5-11-19(12-6-15)35(33,34)21-4-2-3-20(21)23(32)29-13-16-14-31(30-22(16)25)18-9-7-17(8-10-18)24(26,27)28/h5-12,14,20-21H,2-4,13H2,1H3,(H,29,32)/t20-,21+/m1/s1. The molecular formula is C24H23ClF3N3O3S. The summed E-state index contributed by atoms with van der Waals surface area (Å²) in [7, 11) is -3.67. The lowest BCUT2D eigenvalue weighted by Crippen LogP contribution is -2.38. The van der Waals surface area contributed by atoms with Gasteiger partial charge in [0.2, 0.25) is 5.91 Å². The molecule has 11 heteroatoms. The summed E-state index contributed by atoms with van der Waals surface area (Å²) < 4.78 is 66.0. The van der Waals surface area contributed by atoms with Gasteiger partial charge in [-0.15, -0.1) is 0 Å². The summed E-state index contributed by atoms with van der Waals surface area (Å²) in [5, 5.41) is 6.13. The van der Waals surface area contributed by atoms with Crippen LogP contribution >= 0.6 is 11.6 Å². The molecule has 1 amide bonds. The molecule has 1 aliphatic carbocycles. The molecule has 4 rings (SSSR count). The normalized spacial score (nSPS) is 18.5. The zero-order valence-electron chi connectivity index (χ0n) is 18.7. The number of benzene rings is 2. The molecule has 0 bridgehead atoms. The van der Waals surface area contributed by atoms with Crippen molar-refractivity contribution in [1.82, 2.24) is 15.1 Å². The van der Waals surface area contributed by atoms with E-state index in [1.807, 2.05) is 6.92 Å². The second kappa shape index (κ2) is 9.66. The first-order valence-electron chi connectivity index (χ1n) is 11.0. The third-order valence-electron chi connectivity index (χ3n) is 6.19. The molecule has 0 radical (unpaired) electrons. The summed E-state index contributed by atoms with van der Waals surface area (Å²) >= 11 is 6.18. The number of carbonyl (C=O) groups excluding carboxylic acids is 1. The highest BCUT2D eigenvalue weighted by Gasteiger charge is 2.42. The molecule has 1 N–H and O–H groups in total. The van der Waals surface area contributed by atoms with Crippen molar-refractivity contribution in [1.29, 1.82) is 0 Å². The van der Waals surface area contributed by atoms with Crippen molar-refractivity contribution in [2.24, 2.45) is 5.92 Å². The predicted molar refractivity (Wildman–Crippen MR) is 125 cm³/mol. The van der Waals surface area contributed by atoms with Crippen LogP contribution in [0.5, 0.6) is 0 Å². The number of aromatic nitrogens is 2. The maximum atomic E-state index is 13.2. The first-order valence-corrected chi connectivity index (χ1v) is 12.9. The average Bonchev–Trinajstić information content (AvgIpc) is 3.45. The summed E-state index contributed by atoms with van der Waals surface area (Å²) in [5.41, 5.74) is 0.991. The van der Waals surface area contributed by atoms with Gasteiger partial charge in [-0.25, -0.2) is 13.1 Å². The van der Waals surface area contributed by atoms with Gasteiger partial charge in [0, 0.05) is 18.3 Å². The Hall–Kier alpha value is -2.85. The molecule has 1 aromatic heterocycles. The van der Waals surface area contributed by atoms with Crippen molar-refractivity contribution < 1.29 is 26.4 Å². The molecule has 1 fully saturated rings. The molecule has 1 saturated carbocycles. The zero-order valence-corrected chi connectivity index (χ0v) is 20.3. The van der Waals surface area contributed by atoms with Crippen molar-refractivity contribution in [2.45, 2.75) is 49.1 Å². The maximum Gasteiger partial charge on any atom is 0.416 e. The van der Waals surface area contributed by atoms with Gasteiger partial charge in [-0.2, -0.15) is 18.3 Å². The number of sulfone groups is 1. The van der Waals surface area contributed by atoms with Crippen LogP contribution in [0.2, 0.25) is 5.15 Å². The monoisotopic (exact) mass is 525 g/mol. The molecule has 35 heavy (non-hydrogen) atoms. The van der Waals surface area contributed by atoms with Crippen LogP contribution in [0.3, 0.4) is 0 Å². The Labute approximate surface area is 206 Å². The largest absolute Gasteiger partial charge is 0.416 e. The molecule has 0 aliphatic heterocycles. The van der Waals surface area contributed by atoms with E-state index in [0.717, 1.165) is 17.7 Å². The van der Waals surface area contributed by atoms with Crippen LogP contribution in [0.15, 0.2) is 59.6 Å². The van der Waals surface area contributed by atoms with E-state index in [-0.39, 0.29) is 22.5 Å². The molecule has 6 nitrogen and oxygen atoms in total. The van der Waals surface area contributed by atoms with Crippen LogP contribution < -0.4 is 5.32 Å². The second-order valence-electron chi connectivity index (χ2n) is 8.59. The van der Waals surface area contributed by atoms with Gasteiger partial charge in [0.05, 0.1) is 27.3 Å². The van der Waals surface area contributed by atoms with Gasteiger partial charge in [0.15, 0.2) is 15.0 Å². The number of carbonyl (C=O) groups is 1. The van der Waals surface area contributed by atoms with Gasteiger partial charge in [0.1, 0.15) is 0 Å². The van der Waals surface area contributed by atoms with Crippen LogP contribution in [0, 0.1) is 12.8 Å². The van der Waals surface area contributed by atoms with E-state index < -0.39 is 32.7 Å². The van der Waals surface area contributed by atoms with E-state index in [1.54, 1.807) is 24.3 Å². The number of hydrogen-bond acceptors (Lipinski definition) is 4. The number of amides is 1. The van der Waals surface area contributed by atoms with E-state index in [4.69, 9.17) is 11.6 Å². The quantitative estimate of drug-likeness (QED) is 0.485. The van der Waals surface area contributed by atoms with Crippen LogP contribution in [0.1, 0.15) is 36.0 Å². The van der Waals surface area contributed by atoms with Crippen LogP contribution in [0.25, 0.3) is 5.69 Å². The first kappa shape index (κ1) is 25.2. The Kier molecular flexibility index (Phi) is 6.97. The number of rotatable bonds is 6. The van der Waals surface area contributed by atoms with Crippen molar-refractivity contribution in [3.8, 4) is 5.69 Å². The molecule has 1 heterocycles. The molecule has 0 saturated heterocycles. The van der Waals surface area contributed by atoms with E-state index in [1.165, 1.54) is 23.0 Å². The number of halogens is 4. The highest BCUT2D eigenvalue weighted by Crippen LogP contribution is 2.35. The Morgan fingerprint density at radius 2 is 1.77 bits per heavy atom. The molecule has 186 valence electrons. The fraction of sp³-hybridized carbons (Fsp3) is 0.333. The van der Waals surface area contributed by atoms with E-state index in [9.17, 15) is 26.4 Å². The Morgan fingerprint density at radius 3 is 2.40 bits per heavy atom. The lowest BCUT2D eigenvalue weighted by atomic mass is 10.1. The SMILES string of the molecule is Cc1ccc(S(=O)(=O)[C@H]2CCC[C@H]2C(=O)NCc2cn(-c3ccc(C(F)(F)F)cc3)nc2Cl)cc1.